The lowest BCUT2D eigenvalue weighted by atomic mass is 9.55. The summed E-state index contributed by atoms with van der Waals surface area (Å²) < 4.78 is 6.33. The van der Waals surface area contributed by atoms with Crippen molar-refractivity contribution in [3.8, 4) is 0 Å². The quantitative estimate of drug-likeness (QED) is 0.251. The van der Waals surface area contributed by atoms with Crippen molar-refractivity contribution >= 4 is 11.6 Å². The van der Waals surface area contributed by atoms with E-state index in [9.17, 15) is 15.3 Å². The molecule has 3 N–H and O–H groups in total. The second kappa shape index (κ2) is 8.71. The van der Waals surface area contributed by atoms with Crippen molar-refractivity contribution in [1.29, 1.82) is 0 Å². The molecule has 0 aromatic heterocycles. The zero-order valence-electron chi connectivity index (χ0n) is 19.2. The maximum absolute atomic E-state index is 10.8. The minimum Gasteiger partial charge on any atom is -0.396 e. The first-order chi connectivity index (χ1) is 14.0. The molecule has 1 heterocycles. The van der Waals surface area contributed by atoms with Gasteiger partial charge in [0.2, 0.25) is 0 Å². The summed E-state index contributed by atoms with van der Waals surface area (Å²) in [6.07, 6.45) is 9.38. The van der Waals surface area contributed by atoms with E-state index in [4.69, 9.17) is 16.3 Å². The topological polar surface area (TPSA) is 73.2 Å². The van der Waals surface area contributed by atoms with Crippen LogP contribution in [-0.4, -0.2) is 50.7 Å². The first-order valence-corrected chi connectivity index (χ1v) is 11.7. The highest BCUT2D eigenvalue weighted by Crippen LogP contribution is 2.64. The highest BCUT2D eigenvalue weighted by Gasteiger charge is 2.70. The standard InChI is InChI=1S/C25H39ClO4/c1-7-14(2)21-17(10-8-9-15(3)22(28)16(4)13-27)18-11-20(26)24(5,29)12-19(18)23-25(21,6)30-23/h7-10,16-23,27-29H,11-13H2,1-6H3/b10-8+,14-7+,15-9+/t16-,17-,18-,19+,20+,21-,22+,23-,24+,25+/m0/s1. The van der Waals surface area contributed by atoms with Crippen molar-refractivity contribution in [2.24, 2.45) is 29.6 Å². The zero-order valence-corrected chi connectivity index (χ0v) is 19.9. The number of allylic oxidation sites excluding steroid dienone is 4. The minimum atomic E-state index is -0.868. The molecule has 2 saturated carbocycles. The minimum absolute atomic E-state index is 0.0425. The van der Waals surface area contributed by atoms with E-state index >= 15 is 0 Å². The molecule has 1 aliphatic heterocycles. The molecular formula is C25H39ClO4. The summed E-state index contributed by atoms with van der Waals surface area (Å²) in [6, 6.07) is 0. The third-order valence-corrected chi connectivity index (χ3v) is 8.71. The van der Waals surface area contributed by atoms with Crippen LogP contribution in [0.2, 0.25) is 0 Å². The lowest BCUT2D eigenvalue weighted by Gasteiger charge is -2.50. The molecule has 2 aliphatic carbocycles. The second-order valence-electron chi connectivity index (χ2n) is 10.3. The predicted molar refractivity (Wildman–Crippen MR) is 121 cm³/mol. The number of fused-ring (bicyclic) bond motifs is 3. The summed E-state index contributed by atoms with van der Waals surface area (Å²) in [5.74, 6) is 0.972. The lowest BCUT2D eigenvalue weighted by molar-refractivity contribution is -0.0409. The third kappa shape index (κ3) is 4.19. The van der Waals surface area contributed by atoms with E-state index in [-0.39, 0.29) is 41.4 Å². The van der Waals surface area contributed by atoms with Crippen LogP contribution < -0.4 is 0 Å². The number of aliphatic hydroxyl groups is 3. The second-order valence-corrected chi connectivity index (χ2v) is 10.8. The largest absolute Gasteiger partial charge is 0.396 e. The lowest BCUT2D eigenvalue weighted by Crippen LogP contribution is -2.54. The van der Waals surface area contributed by atoms with Gasteiger partial charge in [0.1, 0.15) is 0 Å². The summed E-state index contributed by atoms with van der Waals surface area (Å²) in [5.41, 5.74) is 1.10. The van der Waals surface area contributed by atoms with Crippen molar-refractivity contribution in [3.63, 3.8) is 0 Å². The highest BCUT2D eigenvalue weighted by atomic mass is 35.5. The van der Waals surface area contributed by atoms with Crippen molar-refractivity contribution in [1.82, 2.24) is 0 Å². The summed E-state index contributed by atoms with van der Waals surface area (Å²) in [5, 5.41) is 30.2. The smallest absolute Gasteiger partial charge is 0.0993 e. The number of ether oxygens (including phenoxy) is 1. The molecule has 5 heteroatoms. The number of rotatable bonds is 6. The monoisotopic (exact) mass is 438 g/mol. The third-order valence-electron chi connectivity index (χ3n) is 8.06. The van der Waals surface area contributed by atoms with Crippen LogP contribution in [0.15, 0.2) is 35.5 Å². The molecule has 0 aromatic carbocycles. The van der Waals surface area contributed by atoms with Gasteiger partial charge in [-0.2, -0.15) is 0 Å². The molecule has 1 saturated heterocycles. The average Bonchev–Trinajstić information content (AvgIpc) is 3.39. The van der Waals surface area contributed by atoms with Crippen LogP contribution in [0.3, 0.4) is 0 Å². The Balaban J connectivity index is 1.92. The van der Waals surface area contributed by atoms with Gasteiger partial charge in [-0.15, -0.1) is 11.6 Å². The molecule has 0 amide bonds. The van der Waals surface area contributed by atoms with Crippen LogP contribution in [0.5, 0.6) is 0 Å². The average molecular weight is 439 g/mol. The molecular weight excluding hydrogens is 400 g/mol. The Labute approximate surface area is 186 Å². The van der Waals surface area contributed by atoms with E-state index in [1.54, 1.807) is 0 Å². The Hall–Kier alpha value is -0.650. The maximum atomic E-state index is 10.8. The van der Waals surface area contributed by atoms with E-state index in [1.165, 1.54) is 5.57 Å². The van der Waals surface area contributed by atoms with Crippen molar-refractivity contribution < 1.29 is 20.1 Å². The number of alkyl halides is 1. The predicted octanol–water partition coefficient (Wildman–Crippen LogP) is 4.23. The summed E-state index contributed by atoms with van der Waals surface area (Å²) in [7, 11) is 0. The fourth-order valence-corrected chi connectivity index (χ4v) is 6.30. The van der Waals surface area contributed by atoms with Crippen LogP contribution in [-0.2, 0) is 4.74 Å². The van der Waals surface area contributed by atoms with E-state index in [2.05, 4.69) is 32.9 Å². The van der Waals surface area contributed by atoms with Gasteiger partial charge in [0.25, 0.3) is 0 Å². The van der Waals surface area contributed by atoms with E-state index < -0.39 is 11.7 Å². The Morgan fingerprint density at radius 2 is 1.93 bits per heavy atom. The normalized spacial score (nSPS) is 46.3. The number of halogens is 1. The van der Waals surface area contributed by atoms with E-state index in [0.29, 0.717) is 18.3 Å². The highest BCUT2D eigenvalue weighted by molar-refractivity contribution is 6.21. The SMILES string of the molecule is C/C=C(\C)[C@H]1[C@@H](/C=C/C=C(\C)[C@@H](O)[C@@H](C)CO)[C@@H]2C[C@@H](Cl)[C@](C)(O)C[C@H]2[C@@H]2O[C@@]21C. The van der Waals surface area contributed by atoms with E-state index in [0.717, 1.165) is 12.0 Å². The maximum Gasteiger partial charge on any atom is 0.0993 e. The number of hydrogen-bond acceptors (Lipinski definition) is 4. The van der Waals surface area contributed by atoms with Gasteiger partial charge in [-0.1, -0.05) is 36.8 Å². The van der Waals surface area contributed by atoms with Crippen LogP contribution in [0, 0.1) is 29.6 Å². The van der Waals surface area contributed by atoms with Gasteiger partial charge in [-0.25, -0.2) is 0 Å². The van der Waals surface area contributed by atoms with Crippen molar-refractivity contribution in [2.45, 2.75) is 83.2 Å². The molecule has 3 aliphatic rings. The number of hydrogen-bond donors (Lipinski definition) is 3. The van der Waals surface area contributed by atoms with Gasteiger partial charge >= 0.3 is 0 Å². The first-order valence-electron chi connectivity index (χ1n) is 11.3. The van der Waals surface area contributed by atoms with Crippen molar-refractivity contribution in [2.75, 3.05) is 6.61 Å². The first kappa shape index (κ1) is 24.0. The van der Waals surface area contributed by atoms with Crippen LogP contribution in [0.4, 0.5) is 0 Å². The van der Waals surface area contributed by atoms with E-state index in [1.807, 2.05) is 32.9 Å². The molecule has 4 nitrogen and oxygen atoms in total. The van der Waals surface area contributed by atoms with Gasteiger partial charge in [-0.3, -0.25) is 0 Å². The summed E-state index contributed by atoms with van der Waals surface area (Å²) in [6.45, 7) is 12.0. The molecule has 0 bridgehead atoms. The summed E-state index contributed by atoms with van der Waals surface area (Å²) in [4.78, 5) is 0. The molecule has 0 radical (unpaired) electrons. The molecule has 30 heavy (non-hydrogen) atoms. The zero-order chi connectivity index (χ0) is 22.4. The molecule has 3 rings (SSSR count). The van der Waals surface area contributed by atoms with Gasteiger partial charge in [0.15, 0.2) is 0 Å². The molecule has 3 fully saturated rings. The number of aliphatic hydroxyl groups excluding tert-OH is 2. The van der Waals surface area contributed by atoms with Crippen LogP contribution in [0.1, 0.15) is 54.4 Å². The van der Waals surface area contributed by atoms with Crippen molar-refractivity contribution in [3.05, 3.63) is 35.5 Å². The van der Waals surface area contributed by atoms with Gasteiger partial charge in [-0.05, 0) is 70.8 Å². The van der Waals surface area contributed by atoms with Gasteiger partial charge < -0.3 is 20.1 Å². The van der Waals surface area contributed by atoms with Crippen LogP contribution >= 0.6 is 11.6 Å². The molecule has 10 atom stereocenters. The van der Waals surface area contributed by atoms with Crippen LogP contribution in [0.25, 0.3) is 0 Å². The Morgan fingerprint density at radius 1 is 1.27 bits per heavy atom. The van der Waals surface area contributed by atoms with Gasteiger partial charge in [0, 0.05) is 18.4 Å². The molecule has 170 valence electrons. The number of epoxide rings is 1. The fourth-order valence-electron chi connectivity index (χ4n) is 6.00. The van der Waals surface area contributed by atoms with Gasteiger partial charge in [0.05, 0.1) is 28.8 Å². The molecule has 0 spiro atoms. The molecule has 0 unspecified atom stereocenters. The summed E-state index contributed by atoms with van der Waals surface area (Å²) >= 11 is 6.63. The Kier molecular flexibility index (Phi) is 6.97. The molecule has 0 aromatic rings. The Bertz CT molecular complexity index is 727. The fraction of sp³-hybridized carbons (Fsp3) is 0.760. The Morgan fingerprint density at radius 3 is 2.53 bits per heavy atom.